The van der Waals surface area contributed by atoms with Crippen LogP contribution in [0, 0.1) is 0 Å². The van der Waals surface area contributed by atoms with Gasteiger partial charge in [0, 0.05) is 0 Å². The van der Waals surface area contributed by atoms with Crippen LogP contribution in [-0.4, -0.2) is 41.9 Å². The molecule has 1 aliphatic rings. The van der Waals surface area contributed by atoms with Crippen molar-refractivity contribution >= 4 is 11.9 Å². The summed E-state index contributed by atoms with van der Waals surface area (Å²) in [6, 6.07) is 5.72. The standard InChI is InChI=1S/C17H20F3NO4/c18-17(19,20)14(25-13-6-1-2-7-13)10-21-15(22)9-11-4-3-5-12(8-11)16(23)24/h3-5,8,13-14H,1-2,6-7,9-10H2,(H,21,22)(H,23,24). The average Bonchev–Trinajstić information content (AvgIpc) is 3.03. The van der Waals surface area contributed by atoms with E-state index in [0.29, 0.717) is 18.4 Å². The summed E-state index contributed by atoms with van der Waals surface area (Å²) in [6.07, 6.45) is -4.32. The number of alkyl halides is 3. The number of hydrogen-bond donors (Lipinski definition) is 2. The Balaban J connectivity index is 1.89. The van der Waals surface area contributed by atoms with Crippen LogP contribution in [0.2, 0.25) is 0 Å². The van der Waals surface area contributed by atoms with E-state index in [-0.39, 0.29) is 12.0 Å². The smallest absolute Gasteiger partial charge is 0.416 e. The molecule has 1 amide bonds. The van der Waals surface area contributed by atoms with E-state index in [1.165, 1.54) is 18.2 Å². The number of benzene rings is 1. The normalized spacial score (nSPS) is 16.6. The minimum absolute atomic E-state index is 0.0167. The van der Waals surface area contributed by atoms with Crippen molar-refractivity contribution in [2.45, 2.75) is 50.5 Å². The quantitative estimate of drug-likeness (QED) is 0.785. The number of nitrogens with one attached hydrogen (secondary N) is 1. The molecule has 0 heterocycles. The van der Waals surface area contributed by atoms with Crippen LogP contribution in [-0.2, 0) is 16.0 Å². The number of halogens is 3. The van der Waals surface area contributed by atoms with E-state index in [1.807, 2.05) is 0 Å². The van der Waals surface area contributed by atoms with Crippen LogP contribution in [0.3, 0.4) is 0 Å². The molecule has 0 aromatic heterocycles. The van der Waals surface area contributed by atoms with E-state index >= 15 is 0 Å². The number of ether oxygens (including phenoxy) is 1. The fourth-order valence-corrected chi connectivity index (χ4v) is 2.77. The maximum absolute atomic E-state index is 13.1. The van der Waals surface area contributed by atoms with Crippen LogP contribution in [0.1, 0.15) is 41.6 Å². The van der Waals surface area contributed by atoms with Crippen molar-refractivity contribution in [1.29, 1.82) is 0 Å². The lowest BCUT2D eigenvalue weighted by Gasteiger charge is -2.24. The first kappa shape index (κ1) is 19.2. The highest BCUT2D eigenvalue weighted by atomic mass is 19.4. The van der Waals surface area contributed by atoms with Crippen molar-refractivity contribution in [3.63, 3.8) is 0 Å². The number of carbonyl (C=O) groups is 2. The molecule has 1 unspecified atom stereocenters. The van der Waals surface area contributed by atoms with Crippen LogP contribution < -0.4 is 5.32 Å². The van der Waals surface area contributed by atoms with Gasteiger partial charge < -0.3 is 15.2 Å². The minimum Gasteiger partial charge on any atom is -0.478 e. The molecule has 0 radical (unpaired) electrons. The lowest BCUT2D eigenvalue weighted by molar-refractivity contribution is -0.230. The largest absolute Gasteiger partial charge is 0.478 e. The van der Waals surface area contributed by atoms with Crippen molar-refractivity contribution in [1.82, 2.24) is 5.32 Å². The lowest BCUT2D eigenvalue weighted by atomic mass is 10.1. The number of rotatable bonds is 7. The molecule has 1 aromatic carbocycles. The zero-order valence-corrected chi connectivity index (χ0v) is 13.5. The Morgan fingerprint density at radius 1 is 1.28 bits per heavy atom. The topological polar surface area (TPSA) is 75.6 Å². The van der Waals surface area contributed by atoms with Gasteiger partial charge in [0.05, 0.1) is 24.6 Å². The molecule has 2 rings (SSSR count). The zero-order chi connectivity index (χ0) is 18.4. The highest BCUT2D eigenvalue weighted by Crippen LogP contribution is 2.28. The van der Waals surface area contributed by atoms with Gasteiger partial charge in [0.2, 0.25) is 5.91 Å². The first-order valence-corrected chi connectivity index (χ1v) is 8.07. The maximum Gasteiger partial charge on any atom is 0.416 e. The van der Waals surface area contributed by atoms with Crippen LogP contribution in [0.4, 0.5) is 13.2 Å². The third-order valence-electron chi connectivity index (χ3n) is 4.05. The Bertz CT molecular complexity index is 612. The number of carboxylic acid groups (broad SMARTS) is 1. The molecule has 0 bridgehead atoms. The number of amides is 1. The average molecular weight is 359 g/mol. The van der Waals surface area contributed by atoms with Gasteiger partial charge in [0.15, 0.2) is 6.10 Å². The third-order valence-corrected chi connectivity index (χ3v) is 4.05. The van der Waals surface area contributed by atoms with Crippen molar-refractivity contribution in [3.8, 4) is 0 Å². The Morgan fingerprint density at radius 3 is 2.56 bits per heavy atom. The van der Waals surface area contributed by atoms with Gasteiger partial charge in [-0.15, -0.1) is 0 Å². The Labute approximate surface area is 143 Å². The molecule has 1 aliphatic carbocycles. The number of aromatic carboxylic acids is 1. The zero-order valence-electron chi connectivity index (χ0n) is 13.5. The van der Waals surface area contributed by atoms with Gasteiger partial charge in [-0.1, -0.05) is 25.0 Å². The fourth-order valence-electron chi connectivity index (χ4n) is 2.77. The third kappa shape index (κ3) is 6.04. The summed E-state index contributed by atoms with van der Waals surface area (Å²) in [4.78, 5) is 22.8. The van der Waals surface area contributed by atoms with E-state index < -0.39 is 36.8 Å². The first-order valence-electron chi connectivity index (χ1n) is 8.07. The van der Waals surface area contributed by atoms with E-state index in [1.54, 1.807) is 6.07 Å². The molecular formula is C17H20F3NO4. The number of hydrogen-bond acceptors (Lipinski definition) is 3. The molecule has 138 valence electrons. The van der Waals surface area contributed by atoms with E-state index in [0.717, 1.165) is 12.8 Å². The van der Waals surface area contributed by atoms with Gasteiger partial charge in [-0.3, -0.25) is 4.79 Å². The first-order chi connectivity index (χ1) is 11.8. The van der Waals surface area contributed by atoms with Gasteiger partial charge in [0.25, 0.3) is 0 Å². The van der Waals surface area contributed by atoms with Crippen LogP contribution >= 0.6 is 0 Å². The lowest BCUT2D eigenvalue weighted by Crippen LogP contribution is -2.44. The molecule has 1 fully saturated rings. The Kier molecular flexibility index (Phi) is 6.41. The predicted octanol–water partition coefficient (Wildman–Crippen LogP) is 2.93. The Morgan fingerprint density at radius 2 is 1.96 bits per heavy atom. The van der Waals surface area contributed by atoms with E-state index in [9.17, 15) is 22.8 Å². The minimum atomic E-state index is -4.56. The molecular weight excluding hydrogens is 339 g/mol. The molecule has 1 atom stereocenters. The van der Waals surface area contributed by atoms with Crippen molar-refractivity contribution < 1.29 is 32.6 Å². The van der Waals surface area contributed by atoms with Gasteiger partial charge in [0.1, 0.15) is 0 Å². The monoisotopic (exact) mass is 359 g/mol. The summed E-state index contributed by atoms with van der Waals surface area (Å²) >= 11 is 0. The summed E-state index contributed by atoms with van der Waals surface area (Å²) in [5.74, 6) is -1.75. The molecule has 0 saturated heterocycles. The van der Waals surface area contributed by atoms with Gasteiger partial charge in [-0.2, -0.15) is 13.2 Å². The molecule has 1 saturated carbocycles. The molecule has 1 aromatic rings. The molecule has 25 heavy (non-hydrogen) atoms. The highest BCUT2D eigenvalue weighted by Gasteiger charge is 2.42. The second-order valence-electron chi connectivity index (χ2n) is 6.06. The number of carbonyl (C=O) groups excluding carboxylic acids is 1. The molecule has 0 spiro atoms. The molecule has 5 nitrogen and oxygen atoms in total. The SMILES string of the molecule is O=C(Cc1cccc(C(=O)O)c1)NCC(OC1CCCC1)C(F)(F)F. The predicted molar refractivity (Wildman–Crippen MR) is 83.3 cm³/mol. The highest BCUT2D eigenvalue weighted by molar-refractivity contribution is 5.88. The second-order valence-corrected chi connectivity index (χ2v) is 6.06. The van der Waals surface area contributed by atoms with Crippen LogP contribution in [0.25, 0.3) is 0 Å². The van der Waals surface area contributed by atoms with Gasteiger partial charge >= 0.3 is 12.1 Å². The van der Waals surface area contributed by atoms with E-state index in [2.05, 4.69) is 5.32 Å². The summed E-state index contributed by atoms with van der Waals surface area (Å²) in [7, 11) is 0. The van der Waals surface area contributed by atoms with Crippen molar-refractivity contribution in [2.75, 3.05) is 6.54 Å². The number of carboxylic acids is 1. The maximum atomic E-state index is 13.1. The summed E-state index contributed by atoms with van der Waals surface area (Å²) < 4.78 is 44.3. The van der Waals surface area contributed by atoms with Crippen molar-refractivity contribution in [2.24, 2.45) is 0 Å². The molecule has 0 aliphatic heterocycles. The molecule has 2 N–H and O–H groups in total. The van der Waals surface area contributed by atoms with E-state index in [4.69, 9.17) is 9.84 Å². The van der Waals surface area contributed by atoms with Crippen molar-refractivity contribution in [3.05, 3.63) is 35.4 Å². The summed E-state index contributed by atoms with van der Waals surface area (Å²) in [5, 5.41) is 11.1. The fraction of sp³-hybridized carbons (Fsp3) is 0.529. The summed E-state index contributed by atoms with van der Waals surface area (Å²) in [5.41, 5.74) is 0.431. The Hall–Kier alpha value is -2.09. The second kappa shape index (κ2) is 8.33. The molecule has 8 heteroatoms. The van der Waals surface area contributed by atoms with Crippen LogP contribution in [0.5, 0.6) is 0 Å². The summed E-state index contributed by atoms with van der Waals surface area (Å²) in [6.45, 7) is -0.655. The van der Waals surface area contributed by atoms with Gasteiger partial charge in [-0.25, -0.2) is 4.79 Å². The van der Waals surface area contributed by atoms with Crippen LogP contribution in [0.15, 0.2) is 24.3 Å². The van der Waals surface area contributed by atoms with Gasteiger partial charge in [-0.05, 0) is 30.5 Å².